The van der Waals surface area contributed by atoms with Crippen molar-refractivity contribution in [2.45, 2.75) is 39.7 Å². The van der Waals surface area contributed by atoms with Crippen LogP contribution in [0.5, 0.6) is 0 Å². The van der Waals surface area contributed by atoms with E-state index in [0.717, 1.165) is 12.8 Å². The number of hydrogen-bond donors (Lipinski definition) is 0. The van der Waals surface area contributed by atoms with Crippen molar-refractivity contribution >= 4 is 11.9 Å². The van der Waals surface area contributed by atoms with Crippen molar-refractivity contribution in [1.82, 2.24) is 9.80 Å². The van der Waals surface area contributed by atoms with E-state index >= 15 is 0 Å². The monoisotopic (exact) mass is 198 g/mol. The van der Waals surface area contributed by atoms with Gasteiger partial charge in [-0.15, -0.1) is 0 Å². The molecule has 0 radical (unpaired) electrons. The SMILES string of the molecule is CCCN1C(=O)C(C)N(CCC)C1=O. The van der Waals surface area contributed by atoms with E-state index in [0.29, 0.717) is 13.1 Å². The molecule has 0 N–H and O–H groups in total. The molecule has 4 nitrogen and oxygen atoms in total. The molecule has 0 aliphatic carbocycles. The molecule has 1 heterocycles. The van der Waals surface area contributed by atoms with Crippen molar-refractivity contribution in [3.05, 3.63) is 0 Å². The zero-order valence-corrected chi connectivity index (χ0v) is 9.12. The highest BCUT2D eigenvalue weighted by atomic mass is 16.2. The normalized spacial score (nSPS) is 22.4. The van der Waals surface area contributed by atoms with Gasteiger partial charge in [0.05, 0.1) is 0 Å². The van der Waals surface area contributed by atoms with Gasteiger partial charge in [0.25, 0.3) is 5.91 Å². The van der Waals surface area contributed by atoms with Gasteiger partial charge < -0.3 is 4.90 Å². The van der Waals surface area contributed by atoms with E-state index in [1.807, 2.05) is 13.8 Å². The van der Waals surface area contributed by atoms with Crippen molar-refractivity contribution in [2.75, 3.05) is 13.1 Å². The Hall–Kier alpha value is -1.06. The second-order valence-corrected chi connectivity index (χ2v) is 3.64. The number of carbonyl (C=O) groups excluding carboxylic acids is 2. The zero-order chi connectivity index (χ0) is 10.7. The van der Waals surface area contributed by atoms with E-state index in [1.165, 1.54) is 4.90 Å². The van der Waals surface area contributed by atoms with Gasteiger partial charge in [0, 0.05) is 13.1 Å². The Labute approximate surface area is 84.9 Å². The molecule has 80 valence electrons. The number of hydrogen-bond acceptors (Lipinski definition) is 2. The molecule has 1 saturated heterocycles. The molecule has 0 aromatic carbocycles. The topological polar surface area (TPSA) is 40.6 Å². The van der Waals surface area contributed by atoms with Gasteiger partial charge in [-0.1, -0.05) is 13.8 Å². The highest BCUT2D eigenvalue weighted by molar-refractivity contribution is 6.03. The zero-order valence-electron chi connectivity index (χ0n) is 9.12. The molecule has 1 aliphatic rings. The second-order valence-electron chi connectivity index (χ2n) is 3.64. The number of rotatable bonds is 4. The Bertz CT molecular complexity index is 240. The van der Waals surface area contributed by atoms with Crippen LogP contribution in [-0.2, 0) is 4.79 Å². The summed E-state index contributed by atoms with van der Waals surface area (Å²) in [5.41, 5.74) is 0. The van der Waals surface area contributed by atoms with Gasteiger partial charge in [0.1, 0.15) is 6.04 Å². The smallest absolute Gasteiger partial charge is 0.313 e. The first kappa shape index (κ1) is 11.0. The average molecular weight is 198 g/mol. The van der Waals surface area contributed by atoms with Crippen LogP contribution in [0.15, 0.2) is 0 Å². The van der Waals surface area contributed by atoms with Gasteiger partial charge in [0.15, 0.2) is 0 Å². The molecule has 4 heteroatoms. The van der Waals surface area contributed by atoms with E-state index in [4.69, 9.17) is 0 Å². The summed E-state index contributed by atoms with van der Waals surface area (Å²) in [6, 6.07) is -0.389. The van der Waals surface area contributed by atoms with Crippen LogP contribution in [0.1, 0.15) is 33.6 Å². The summed E-state index contributed by atoms with van der Waals surface area (Å²) in [4.78, 5) is 26.4. The van der Waals surface area contributed by atoms with Gasteiger partial charge in [-0.25, -0.2) is 4.79 Å². The summed E-state index contributed by atoms with van der Waals surface area (Å²) in [7, 11) is 0. The van der Waals surface area contributed by atoms with E-state index in [2.05, 4.69) is 0 Å². The summed E-state index contributed by atoms with van der Waals surface area (Å²) in [5, 5.41) is 0. The van der Waals surface area contributed by atoms with Crippen molar-refractivity contribution in [2.24, 2.45) is 0 Å². The molecule has 0 aromatic rings. The first-order valence-electron chi connectivity index (χ1n) is 5.25. The molecule has 1 atom stereocenters. The molecule has 3 amide bonds. The molecule has 0 aromatic heterocycles. The van der Waals surface area contributed by atoms with Crippen molar-refractivity contribution < 1.29 is 9.59 Å². The number of carbonyl (C=O) groups is 2. The largest absolute Gasteiger partial charge is 0.327 e. The third kappa shape index (κ3) is 1.74. The molecule has 0 bridgehead atoms. The van der Waals surface area contributed by atoms with Crippen LogP contribution in [0.25, 0.3) is 0 Å². The first-order valence-corrected chi connectivity index (χ1v) is 5.25. The van der Waals surface area contributed by atoms with E-state index in [9.17, 15) is 9.59 Å². The van der Waals surface area contributed by atoms with Crippen molar-refractivity contribution in [3.63, 3.8) is 0 Å². The van der Waals surface area contributed by atoms with Crippen LogP contribution in [0.4, 0.5) is 4.79 Å². The highest BCUT2D eigenvalue weighted by Crippen LogP contribution is 2.17. The summed E-state index contributed by atoms with van der Waals surface area (Å²) < 4.78 is 0. The number of nitrogens with zero attached hydrogens (tertiary/aromatic N) is 2. The maximum absolute atomic E-state index is 11.7. The lowest BCUT2D eigenvalue weighted by Gasteiger charge is -2.17. The standard InChI is InChI=1S/C10H18N2O2/c1-4-6-11-8(3)9(13)12(7-5-2)10(11)14/h8H,4-7H2,1-3H3. The van der Waals surface area contributed by atoms with Crippen molar-refractivity contribution in [1.29, 1.82) is 0 Å². The maximum Gasteiger partial charge on any atom is 0.327 e. The van der Waals surface area contributed by atoms with Crippen LogP contribution in [0.3, 0.4) is 0 Å². The lowest BCUT2D eigenvalue weighted by molar-refractivity contribution is -0.127. The summed E-state index contributed by atoms with van der Waals surface area (Å²) in [6.07, 6.45) is 1.72. The van der Waals surface area contributed by atoms with Gasteiger partial charge >= 0.3 is 6.03 Å². The predicted octanol–water partition coefficient (Wildman–Crippen LogP) is 1.46. The quantitative estimate of drug-likeness (QED) is 0.642. The van der Waals surface area contributed by atoms with Crippen LogP contribution in [0.2, 0.25) is 0 Å². The Kier molecular flexibility index (Phi) is 3.49. The minimum Gasteiger partial charge on any atom is -0.313 e. The van der Waals surface area contributed by atoms with E-state index in [1.54, 1.807) is 11.8 Å². The molecule has 0 saturated carbocycles. The lowest BCUT2D eigenvalue weighted by Crippen LogP contribution is -2.34. The minimum absolute atomic E-state index is 0.0506. The number of imide groups is 1. The molecular formula is C10H18N2O2. The minimum atomic E-state index is -0.269. The Morgan fingerprint density at radius 3 is 2.21 bits per heavy atom. The number of amides is 3. The van der Waals surface area contributed by atoms with Crippen LogP contribution in [0, 0.1) is 0 Å². The van der Waals surface area contributed by atoms with Gasteiger partial charge in [-0.2, -0.15) is 0 Å². The van der Waals surface area contributed by atoms with Gasteiger partial charge in [-0.3, -0.25) is 9.69 Å². The Morgan fingerprint density at radius 2 is 1.71 bits per heavy atom. The molecule has 0 spiro atoms. The number of urea groups is 1. The lowest BCUT2D eigenvalue weighted by atomic mass is 10.3. The summed E-state index contributed by atoms with van der Waals surface area (Å²) in [6.45, 7) is 6.99. The third-order valence-electron chi connectivity index (χ3n) is 2.48. The average Bonchev–Trinajstić information content (AvgIpc) is 2.36. The van der Waals surface area contributed by atoms with E-state index < -0.39 is 0 Å². The predicted molar refractivity (Wildman–Crippen MR) is 53.9 cm³/mol. The molecule has 1 unspecified atom stereocenters. The highest BCUT2D eigenvalue weighted by Gasteiger charge is 2.40. The fourth-order valence-corrected chi connectivity index (χ4v) is 1.73. The Balaban J connectivity index is 2.74. The van der Waals surface area contributed by atoms with Crippen LogP contribution >= 0.6 is 0 Å². The molecule has 1 rings (SSSR count). The van der Waals surface area contributed by atoms with Gasteiger partial charge in [-0.05, 0) is 19.8 Å². The molecule has 1 fully saturated rings. The fourth-order valence-electron chi connectivity index (χ4n) is 1.73. The summed E-state index contributed by atoms with van der Waals surface area (Å²) >= 11 is 0. The molecular weight excluding hydrogens is 180 g/mol. The first-order chi connectivity index (χ1) is 6.63. The maximum atomic E-state index is 11.7. The molecule has 14 heavy (non-hydrogen) atoms. The van der Waals surface area contributed by atoms with Crippen LogP contribution < -0.4 is 0 Å². The fraction of sp³-hybridized carbons (Fsp3) is 0.800. The molecule has 1 aliphatic heterocycles. The van der Waals surface area contributed by atoms with Gasteiger partial charge in [0.2, 0.25) is 0 Å². The van der Waals surface area contributed by atoms with Crippen LogP contribution in [-0.4, -0.2) is 40.9 Å². The van der Waals surface area contributed by atoms with E-state index in [-0.39, 0.29) is 18.0 Å². The third-order valence-corrected chi connectivity index (χ3v) is 2.48. The van der Waals surface area contributed by atoms with Crippen molar-refractivity contribution in [3.8, 4) is 0 Å². The second kappa shape index (κ2) is 4.44. The summed E-state index contributed by atoms with van der Waals surface area (Å²) in [5.74, 6) is -0.0506. The Morgan fingerprint density at radius 1 is 1.14 bits per heavy atom.